The molecule has 1 N–H and O–H groups in total. The Kier molecular flexibility index (Phi) is 6.49. The van der Waals surface area contributed by atoms with Gasteiger partial charge in [-0.15, -0.1) is 0 Å². The lowest BCUT2D eigenvalue weighted by Crippen LogP contribution is -2.31. The Labute approximate surface area is 171 Å². The molecule has 1 heterocycles. The number of carbonyl (C=O) groups excluding carboxylic acids is 2. The largest absolute Gasteiger partial charge is 0.507 e. The van der Waals surface area contributed by atoms with Crippen LogP contribution in [0.1, 0.15) is 41.6 Å². The van der Waals surface area contributed by atoms with Crippen LogP contribution in [0.2, 0.25) is 0 Å². The third kappa shape index (κ3) is 4.25. The quantitative estimate of drug-likeness (QED) is 0.334. The van der Waals surface area contributed by atoms with Crippen molar-refractivity contribution in [2.75, 3.05) is 20.3 Å². The number of ether oxygens (including phenoxy) is 1. The van der Waals surface area contributed by atoms with Gasteiger partial charge in [-0.05, 0) is 30.9 Å². The summed E-state index contributed by atoms with van der Waals surface area (Å²) in [6.45, 7) is 4.88. The van der Waals surface area contributed by atoms with Crippen molar-refractivity contribution in [2.24, 2.45) is 0 Å². The van der Waals surface area contributed by atoms with Crippen LogP contribution >= 0.6 is 0 Å². The number of benzene rings is 2. The zero-order valence-corrected chi connectivity index (χ0v) is 17.1. The first-order chi connectivity index (χ1) is 14.0. The molecule has 1 amide bonds. The van der Waals surface area contributed by atoms with Gasteiger partial charge in [0.05, 0.1) is 11.6 Å². The fourth-order valence-corrected chi connectivity index (χ4v) is 3.73. The first kappa shape index (κ1) is 20.8. The third-order valence-electron chi connectivity index (χ3n) is 5.28. The van der Waals surface area contributed by atoms with E-state index in [-0.39, 0.29) is 11.3 Å². The van der Waals surface area contributed by atoms with Gasteiger partial charge in [-0.3, -0.25) is 9.59 Å². The van der Waals surface area contributed by atoms with Crippen LogP contribution in [0, 0.1) is 6.92 Å². The molecule has 1 fully saturated rings. The maximum absolute atomic E-state index is 12.9. The molecule has 0 saturated carbocycles. The molecule has 0 bridgehead atoms. The molecular weight excluding hydrogens is 366 g/mol. The molecule has 0 aliphatic carbocycles. The fourth-order valence-electron chi connectivity index (χ4n) is 3.73. The van der Waals surface area contributed by atoms with Crippen molar-refractivity contribution < 1.29 is 19.4 Å². The Balaban J connectivity index is 2.10. The van der Waals surface area contributed by atoms with Crippen LogP contribution in [0.5, 0.6) is 0 Å². The molecule has 1 unspecified atom stereocenters. The lowest BCUT2D eigenvalue weighted by Gasteiger charge is -2.25. The van der Waals surface area contributed by atoms with Gasteiger partial charge in [0.25, 0.3) is 11.7 Å². The van der Waals surface area contributed by atoms with E-state index in [0.717, 1.165) is 23.1 Å². The summed E-state index contributed by atoms with van der Waals surface area (Å²) >= 11 is 0. The second kappa shape index (κ2) is 9.05. The normalized spacial score (nSPS) is 18.4. The van der Waals surface area contributed by atoms with Gasteiger partial charge in [0.1, 0.15) is 5.76 Å². The monoisotopic (exact) mass is 393 g/mol. The topological polar surface area (TPSA) is 66.8 Å². The van der Waals surface area contributed by atoms with Gasteiger partial charge in [0.2, 0.25) is 0 Å². The summed E-state index contributed by atoms with van der Waals surface area (Å²) in [6, 6.07) is 14.5. The van der Waals surface area contributed by atoms with E-state index < -0.39 is 17.7 Å². The van der Waals surface area contributed by atoms with Gasteiger partial charge < -0.3 is 14.7 Å². The number of aryl methyl sites for hydroxylation is 2. The second-order valence-electron chi connectivity index (χ2n) is 7.30. The number of carbonyl (C=O) groups is 2. The van der Waals surface area contributed by atoms with E-state index in [1.165, 1.54) is 0 Å². The van der Waals surface area contributed by atoms with Gasteiger partial charge in [-0.2, -0.15) is 0 Å². The summed E-state index contributed by atoms with van der Waals surface area (Å²) in [5.74, 6) is -1.36. The van der Waals surface area contributed by atoms with Gasteiger partial charge in [-0.25, -0.2) is 0 Å². The van der Waals surface area contributed by atoms with Crippen molar-refractivity contribution in [1.82, 2.24) is 4.90 Å². The summed E-state index contributed by atoms with van der Waals surface area (Å²) in [7, 11) is 1.60. The highest BCUT2D eigenvalue weighted by molar-refractivity contribution is 6.46. The Hall–Kier alpha value is -2.92. The van der Waals surface area contributed by atoms with Crippen LogP contribution in [-0.2, 0) is 20.7 Å². The molecule has 3 rings (SSSR count). The average molecular weight is 393 g/mol. The third-order valence-corrected chi connectivity index (χ3v) is 5.28. The molecule has 1 saturated heterocycles. The molecule has 1 atom stereocenters. The Morgan fingerprint density at radius 2 is 1.86 bits per heavy atom. The minimum atomic E-state index is -0.647. The van der Waals surface area contributed by atoms with E-state index in [2.05, 4.69) is 6.92 Å². The van der Waals surface area contributed by atoms with E-state index in [1.807, 2.05) is 43.3 Å². The van der Waals surface area contributed by atoms with E-state index in [1.54, 1.807) is 24.1 Å². The minimum Gasteiger partial charge on any atom is -0.507 e. The smallest absolute Gasteiger partial charge is 0.295 e. The molecule has 5 heteroatoms. The maximum atomic E-state index is 12.9. The lowest BCUT2D eigenvalue weighted by molar-refractivity contribution is -0.140. The molecule has 0 radical (unpaired) electrons. The number of aliphatic hydroxyl groups excluding tert-OH is 1. The number of hydrogen-bond acceptors (Lipinski definition) is 4. The van der Waals surface area contributed by atoms with Crippen LogP contribution in [0.4, 0.5) is 0 Å². The number of rotatable bonds is 7. The van der Waals surface area contributed by atoms with Gasteiger partial charge >= 0.3 is 0 Å². The van der Waals surface area contributed by atoms with Crippen molar-refractivity contribution in [3.05, 3.63) is 76.4 Å². The second-order valence-corrected chi connectivity index (χ2v) is 7.30. The molecule has 29 heavy (non-hydrogen) atoms. The zero-order valence-electron chi connectivity index (χ0n) is 17.1. The SMILES string of the molecule is CCc1ccc(/C(O)=C2/C(=O)C(=O)N(CCCOC)C2c2cccc(C)c2)cc1. The number of aliphatic hydroxyl groups is 1. The van der Waals surface area contributed by atoms with Crippen molar-refractivity contribution in [3.63, 3.8) is 0 Å². The summed E-state index contributed by atoms with van der Waals surface area (Å²) in [4.78, 5) is 27.3. The van der Waals surface area contributed by atoms with Gasteiger partial charge in [0.15, 0.2) is 0 Å². The van der Waals surface area contributed by atoms with Crippen molar-refractivity contribution in [3.8, 4) is 0 Å². The fraction of sp³-hybridized carbons (Fsp3) is 0.333. The zero-order chi connectivity index (χ0) is 21.0. The number of amides is 1. The van der Waals surface area contributed by atoms with E-state index >= 15 is 0 Å². The molecule has 0 aromatic heterocycles. The standard InChI is InChI=1S/C24H27NO4/c1-4-17-9-11-18(12-10-17)22(26)20-21(19-8-5-7-16(2)15-19)25(13-6-14-29-3)24(28)23(20)27/h5,7-12,15,21,26H,4,6,13-14H2,1-3H3/b22-20-. The molecule has 1 aliphatic rings. The highest BCUT2D eigenvalue weighted by Gasteiger charge is 2.45. The first-order valence-electron chi connectivity index (χ1n) is 9.91. The first-order valence-corrected chi connectivity index (χ1v) is 9.91. The molecule has 2 aromatic carbocycles. The number of ketones is 1. The highest BCUT2D eigenvalue weighted by Crippen LogP contribution is 2.39. The van der Waals surface area contributed by atoms with Crippen molar-refractivity contribution in [1.29, 1.82) is 0 Å². The minimum absolute atomic E-state index is 0.133. The number of hydrogen-bond donors (Lipinski definition) is 1. The molecule has 5 nitrogen and oxygen atoms in total. The lowest BCUT2D eigenvalue weighted by atomic mass is 9.94. The van der Waals surface area contributed by atoms with E-state index in [9.17, 15) is 14.7 Å². The predicted molar refractivity (Wildman–Crippen MR) is 113 cm³/mol. The summed E-state index contributed by atoms with van der Waals surface area (Å²) < 4.78 is 5.10. The molecule has 0 spiro atoms. The Morgan fingerprint density at radius 3 is 2.48 bits per heavy atom. The summed E-state index contributed by atoms with van der Waals surface area (Å²) in [5, 5.41) is 11.0. The highest BCUT2D eigenvalue weighted by atomic mass is 16.5. The van der Waals surface area contributed by atoms with Crippen LogP contribution < -0.4 is 0 Å². The maximum Gasteiger partial charge on any atom is 0.295 e. The number of nitrogens with zero attached hydrogens (tertiary/aromatic N) is 1. The van der Waals surface area contributed by atoms with Crippen molar-refractivity contribution in [2.45, 2.75) is 32.7 Å². The van der Waals surface area contributed by atoms with Gasteiger partial charge in [-0.1, -0.05) is 61.0 Å². The van der Waals surface area contributed by atoms with E-state index in [4.69, 9.17) is 4.74 Å². The average Bonchev–Trinajstić information content (AvgIpc) is 2.98. The molecule has 1 aliphatic heterocycles. The van der Waals surface area contributed by atoms with Crippen LogP contribution in [0.15, 0.2) is 54.1 Å². The molecular formula is C24H27NO4. The van der Waals surface area contributed by atoms with Crippen LogP contribution in [-0.4, -0.2) is 42.0 Å². The summed E-state index contributed by atoms with van der Waals surface area (Å²) in [6.07, 6.45) is 1.49. The van der Waals surface area contributed by atoms with Gasteiger partial charge in [0, 0.05) is 25.8 Å². The van der Waals surface area contributed by atoms with Crippen LogP contribution in [0.3, 0.4) is 0 Å². The summed E-state index contributed by atoms with van der Waals surface area (Å²) in [5.41, 5.74) is 3.65. The van der Waals surface area contributed by atoms with Crippen LogP contribution in [0.25, 0.3) is 5.76 Å². The predicted octanol–water partition coefficient (Wildman–Crippen LogP) is 4.02. The number of likely N-dealkylation sites (tertiary alicyclic amines) is 1. The number of Topliss-reactive ketones (excluding diaryl/α,β-unsaturated/α-hetero) is 1. The van der Waals surface area contributed by atoms with Crippen molar-refractivity contribution >= 4 is 17.4 Å². The molecule has 2 aromatic rings. The number of methoxy groups -OCH3 is 1. The Morgan fingerprint density at radius 1 is 1.14 bits per heavy atom. The Bertz CT molecular complexity index is 930. The van der Waals surface area contributed by atoms with E-state index in [0.29, 0.717) is 25.1 Å². The molecule has 152 valence electrons.